The first kappa shape index (κ1) is 12.7. The van der Waals surface area contributed by atoms with Gasteiger partial charge in [0.1, 0.15) is 11.8 Å². The Morgan fingerprint density at radius 3 is 2.75 bits per heavy atom. The van der Waals surface area contributed by atoms with Gasteiger partial charge in [-0.1, -0.05) is 40.2 Å². The highest BCUT2D eigenvalue weighted by Crippen LogP contribution is 2.21. The summed E-state index contributed by atoms with van der Waals surface area (Å²) in [6.07, 6.45) is 0.920. The molecule has 0 aromatic heterocycles. The van der Waals surface area contributed by atoms with Crippen LogP contribution in [-0.4, -0.2) is 17.9 Å². The van der Waals surface area contributed by atoms with Crippen molar-refractivity contribution in [1.29, 1.82) is 0 Å². The van der Waals surface area contributed by atoms with Crippen LogP contribution in [0.1, 0.15) is 11.1 Å². The Balaban J connectivity index is 3.15. The molecule has 0 spiro atoms. The first-order valence-electron chi connectivity index (χ1n) is 4.46. The van der Waals surface area contributed by atoms with Gasteiger partial charge in [0.25, 0.3) is 0 Å². The number of carboxylic acid groups (broad SMARTS) is 1. The molecule has 0 aliphatic rings. The summed E-state index contributed by atoms with van der Waals surface area (Å²) in [4.78, 5) is 11.0. The van der Waals surface area contributed by atoms with Gasteiger partial charge < -0.3 is 9.84 Å². The van der Waals surface area contributed by atoms with Gasteiger partial charge in [-0.05, 0) is 11.1 Å². The average molecular weight is 289 g/mol. The van der Waals surface area contributed by atoms with Gasteiger partial charge in [0.05, 0.1) is 0 Å². The van der Waals surface area contributed by atoms with E-state index in [0.717, 1.165) is 11.8 Å². The van der Waals surface area contributed by atoms with Crippen LogP contribution < -0.4 is 0 Å². The van der Waals surface area contributed by atoms with E-state index >= 15 is 0 Å². The number of benzene rings is 1. The number of hydrogen-bond acceptors (Lipinski definition) is 2. The Morgan fingerprint density at radius 2 is 2.19 bits per heavy atom. The molecule has 0 saturated carbocycles. The number of halogens is 2. The van der Waals surface area contributed by atoms with Crippen molar-refractivity contribution in [2.75, 3.05) is 6.86 Å². The lowest BCUT2D eigenvalue weighted by Crippen LogP contribution is -2.03. The second-order valence-electron chi connectivity index (χ2n) is 2.90. The van der Waals surface area contributed by atoms with Crippen molar-refractivity contribution in [2.24, 2.45) is 0 Å². The number of rotatable bonds is 5. The molecule has 0 aliphatic heterocycles. The van der Waals surface area contributed by atoms with Crippen LogP contribution in [0.3, 0.4) is 0 Å². The zero-order chi connectivity index (χ0) is 12.0. The maximum absolute atomic E-state index is 11.8. The molecule has 1 aromatic rings. The van der Waals surface area contributed by atoms with E-state index in [1.165, 1.54) is 0 Å². The molecule has 86 valence electrons. The molecular formula is C11H10BrFO3. The SMILES string of the molecule is O=C(O)/C(=C\OCF)c1ccccc1CBr. The molecule has 0 amide bonds. The summed E-state index contributed by atoms with van der Waals surface area (Å²) in [6.45, 7) is -1.05. The van der Waals surface area contributed by atoms with E-state index in [9.17, 15) is 9.18 Å². The van der Waals surface area contributed by atoms with Crippen molar-refractivity contribution in [3.05, 3.63) is 41.7 Å². The Kier molecular flexibility index (Phi) is 4.98. The highest BCUT2D eigenvalue weighted by Gasteiger charge is 2.14. The van der Waals surface area contributed by atoms with Crippen LogP contribution in [0.5, 0.6) is 0 Å². The lowest BCUT2D eigenvalue weighted by molar-refractivity contribution is -0.130. The molecule has 1 aromatic carbocycles. The standard InChI is InChI=1S/C11H10BrFO3/c12-5-8-3-1-2-4-9(8)10(11(14)15)6-16-7-13/h1-4,6H,5,7H2,(H,14,15)/b10-6-. The van der Waals surface area contributed by atoms with Crippen molar-refractivity contribution in [3.8, 4) is 0 Å². The van der Waals surface area contributed by atoms with E-state index in [-0.39, 0.29) is 5.57 Å². The van der Waals surface area contributed by atoms with Crippen LogP contribution in [0.2, 0.25) is 0 Å². The summed E-state index contributed by atoms with van der Waals surface area (Å²) in [5.41, 5.74) is 1.26. The number of carbonyl (C=O) groups is 1. The molecule has 0 radical (unpaired) electrons. The van der Waals surface area contributed by atoms with Gasteiger partial charge in [-0.3, -0.25) is 0 Å². The lowest BCUT2D eigenvalue weighted by atomic mass is 10.0. The second kappa shape index (κ2) is 6.27. The van der Waals surface area contributed by atoms with Gasteiger partial charge >= 0.3 is 5.97 Å². The van der Waals surface area contributed by atoms with Crippen molar-refractivity contribution in [1.82, 2.24) is 0 Å². The fraction of sp³-hybridized carbons (Fsp3) is 0.182. The van der Waals surface area contributed by atoms with Gasteiger partial charge in [0.15, 0.2) is 0 Å². The summed E-state index contributed by atoms with van der Waals surface area (Å²) in [5.74, 6) is -1.15. The summed E-state index contributed by atoms with van der Waals surface area (Å²) in [7, 11) is 0. The second-order valence-corrected chi connectivity index (χ2v) is 3.46. The molecule has 1 N–H and O–H groups in total. The van der Waals surface area contributed by atoms with Crippen LogP contribution in [0.15, 0.2) is 30.5 Å². The highest BCUT2D eigenvalue weighted by molar-refractivity contribution is 9.08. The summed E-state index contributed by atoms with van der Waals surface area (Å²) < 4.78 is 16.2. The smallest absolute Gasteiger partial charge is 0.339 e. The number of alkyl halides is 2. The monoisotopic (exact) mass is 288 g/mol. The normalized spacial score (nSPS) is 11.2. The van der Waals surface area contributed by atoms with E-state index in [2.05, 4.69) is 20.7 Å². The van der Waals surface area contributed by atoms with Gasteiger partial charge in [-0.15, -0.1) is 0 Å². The molecule has 0 aliphatic carbocycles. The van der Waals surface area contributed by atoms with Crippen LogP contribution >= 0.6 is 15.9 Å². The predicted octanol–water partition coefficient (Wildman–Crippen LogP) is 2.95. The number of aliphatic carboxylic acids is 1. The van der Waals surface area contributed by atoms with Gasteiger partial charge in [0, 0.05) is 5.33 Å². The van der Waals surface area contributed by atoms with Crippen LogP contribution in [0, 0.1) is 0 Å². The Bertz CT molecular complexity index is 404. The van der Waals surface area contributed by atoms with Crippen LogP contribution in [-0.2, 0) is 14.9 Å². The molecule has 0 unspecified atom stereocenters. The maximum Gasteiger partial charge on any atom is 0.339 e. The minimum absolute atomic E-state index is 0.0623. The molecule has 1 rings (SSSR count). The Hall–Kier alpha value is -1.36. The average Bonchev–Trinajstić information content (AvgIpc) is 2.29. The summed E-state index contributed by atoms with van der Waals surface area (Å²) in [5, 5.41) is 9.50. The quantitative estimate of drug-likeness (QED) is 0.515. The van der Waals surface area contributed by atoms with E-state index in [0.29, 0.717) is 10.9 Å². The maximum atomic E-state index is 11.8. The topological polar surface area (TPSA) is 46.5 Å². The molecule has 0 fully saturated rings. The van der Waals surface area contributed by atoms with E-state index in [1.54, 1.807) is 24.3 Å². The van der Waals surface area contributed by atoms with Crippen LogP contribution in [0.25, 0.3) is 5.57 Å². The van der Waals surface area contributed by atoms with E-state index < -0.39 is 12.8 Å². The molecule has 0 atom stereocenters. The molecule has 0 bridgehead atoms. The molecule has 3 nitrogen and oxygen atoms in total. The molecule has 0 saturated heterocycles. The molecule has 5 heteroatoms. The summed E-state index contributed by atoms with van der Waals surface area (Å²) in [6, 6.07) is 6.96. The zero-order valence-electron chi connectivity index (χ0n) is 8.32. The first-order chi connectivity index (χ1) is 7.70. The van der Waals surface area contributed by atoms with E-state index in [4.69, 9.17) is 5.11 Å². The van der Waals surface area contributed by atoms with Gasteiger partial charge in [0.2, 0.25) is 6.86 Å². The minimum atomic E-state index is -1.15. The molecule has 0 heterocycles. The van der Waals surface area contributed by atoms with Gasteiger partial charge in [-0.2, -0.15) is 0 Å². The van der Waals surface area contributed by atoms with Crippen molar-refractivity contribution < 1.29 is 19.0 Å². The Morgan fingerprint density at radius 1 is 1.50 bits per heavy atom. The number of ether oxygens (including phenoxy) is 1. The number of hydrogen-bond donors (Lipinski definition) is 1. The largest absolute Gasteiger partial charge is 0.478 e. The number of carboxylic acids is 1. The Labute approximate surface area is 101 Å². The van der Waals surface area contributed by atoms with Crippen molar-refractivity contribution in [3.63, 3.8) is 0 Å². The predicted molar refractivity (Wildman–Crippen MR) is 61.7 cm³/mol. The fourth-order valence-electron chi connectivity index (χ4n) is 1.24. The molecular weight excluding hydrogens is 279 g/mol. The third kappa shape index (κ3) is 3.06. The van der Waals surface area contributed by atoms with Gasteiger partial charge in [-0.25, -0.2) is 9.18 Å². The molecule has 16 heavy (non-hydrogen) atoms. The van der Waals surface area contributed by atoms with Crippen molar-refractivity contribution in [2.45, 2.75) is 5.33 Å². The highest BCUT2D eigenvalue weighted by atomic mass is 79.9. The summed E-state index contributed by atoms with van der Waals surface area (Å²) >= 11 is 3.26. The first-order valence-corrected chi connectivity index (χ1v) is 5.58. The fourth-order valence-corrected chi connectivity index (χ4v) is 1.73. The van der Waals surface area contributed by atoms with E-state index in [1.807, 2.05) is 0 Å². The van der Waals surface area contributed by atoms with Crippen LogP contribution in [0.4, 0.5) is 4.39 Å². The lowest BCUT2D eigenvalue weighted by Gasteiger charge is -2.07. The minimum Gasteiger partial charge on any atom is -0.478 e. The zero-order valence-corrected chi connectivity index (χ0v) is 9.91. The third-order valence-corrected chi connectivity index (χ3v) is 2.55. The third-order valence-electron chi connectivity index (χ3n) is 1.95. The van der Waals surface area contributed by atoms with Crippen molar-refractivity contribution >= 4 is 27.5 Å².